The molecule has 0 aromatic rings. The Hall–Kier alpha value is -0.650. The number of nitrogens with zero attached hydrogens (tertiary/aromatic N) is 2. The van der Waals surface area contributed by atoms with Crippen molar-refractivity contribution in [3.05, 3.63) is 0 Å². The highest BCUT2D eigenvalue weighted by atomic mass is 16.5. The van der Waals surface area contributed by atoms with Crippen molar-refractivity contribution in [2.24, 2.45) is 5.92 Å². The van der Waals surface area contributed by atoms with Gasteiger partial charge in [-0.05, 0) is 38.6 Å². The van der Waals surface area contributed by atoms with E-state index in [0.717, 1.165) is 26.1 Å². The van der Waals surface area contributed by atoms with Crippen LogP contribution in [0.3, 0.4) is 0 Å². The van der Waals surface area contributed by atoms with Gasteiger partial charge < -0.3 is 9.64 Å². The highest BCUT2D eigenvalue weighted by Crippen LogP contribution is 2.25. The number of fused-ring (bicyclic) bond motifs is 1. The fraction of sp³-hybridized carbons (Fsp3) is 0.938. The Labute approximate surface area is 128 Å². The zero-order valence-electron chi connectivity index (χ0n) is 13.5. The fourth-order valence-electron chi connectivity index (χ4n) is 3.93. The molecule has 21 heavy (non-hydrogen) atoms. The lowest BCUT2D eigenvalue weighted by Gasteiger charge is -2.38. The fourth-order valence-corrected chi connectivity index (χ4v) is 3.93. The average molecular weight is 295 g/mol. The van der Waals surface area contributed by atoms with E-state index in [0.29, 0.717) is 12.0 Å². The first kappa shape index (κ1) is 15.3. The van der Waals surface area contributed by atoms with Crippen LogP contribution in [0.5, 0.6) is 0 Å². The molecule has 3 rings (SSSR count). The van der Waals surface area contributed by atoms with Crippen molar-refractivity contribution in [3.8, 4) is 0 Å². The molecule has 3 heterocycles. The Morgan fingerprint density at radius 1 is 1.43 bits per heavy atom. The largest absolute Gasteiger partial charge is 0.373 e. The number of ether oxygens (including phenoxy) is 1. The topological polar surface area (TPSA) is 44.8 Å². The van der Waals surface area contributed by atoms with Crippen LogP contribution in [0.15, 0.2) is 0 Å². The molecule has 0 aliphatic carbocycles. The molecule has 3 saturated heterocycles. The van der Waals surface area contributed by atoms with E-state index in [2.05, 4.69) is 24.1 Å². The summed E-state index contributed by atoms with van der Waals surface area (Å²) in [5.74, 6) is 0.811. The summed E-state index contributed by atoms with van der Waals surface area (Å²) in [4.78, 5) is 17.0. The molecule has 4 unspecified atom stereocenters. The van der Waals surface area contributed by atoms with Crippen LogP contribution < -0.4 is 5.32 Å². The van der Waals surface area contributed by atoms with Crippen LogP contribution in [0.2, 0.25) is 0 Å². The lowest BCUT2D eigenvalue weighted by molar-refractivity contribution is -0.134. The maximum Gasteiger partial charge on any atom is 0.240 e. The van der Waals surface area contributed by atoms with Crippen LogP contribution in [-0.4, -0.2) is 66.3 Å². The van der Waals surface area contributed by atoms with Gasteiger partial charge in [-0.1, -0.05) is 13.8 Å². The van der Waals surface area contributed by atoms with E-state index in [-0.39, 0.29) is 24.2 Å². The van der Waals surface area contributed by atoms with Crippen LogP contribution in [0, 0.1) is 5.92 Å². The van der Waals surface area contributed by atoms with E-state index in [4.69, 9.17) is 4.74 Å². The van der Waals surface area contributed by atoms with Gasteiger partial charge in [-0.25, -0.2) is 0 Å². The Morgan fingerprint density at radius 3 is 3.00 bits per heavy atom. The standard InChI is InChI=1S/C16H29N3O2/c1-11(2)7-15-17-12(3)16(20)19(15)9-14-8-18-6-4-5-13(18)10-21-14/h11-15,17H,4-10H2,1-3H3. The normalized spacial score (nSPS) is 37.5. The zero-order valence-corrected chi connectivity index (χ0v) is 13.5. The first-order valence-electron chi connectivity index (χ1n) is 8.46. The van der Waals surface area contributed by atoms with Crippen molar-refractivity contribution >= 4 is 5.91 Å². The van der Waals surface area contributed by atoms with Crippen LogP contribution in [0.4, 0.5) is 0 Å². The Kier molecular flexibility index (Phi) is 4.52. The molecule has 0 aromatic heterocycles. The first-order chi connectivity index (χ1) is 10.0. The van der Waals surface area contributed by atoms with Gasteiger partial charge in [-0.2, -0.15) is 0 Å². The summed E-state index contributed by atoms with van der Waals surface area (Å²) in [6.07, 6.45) is 3.91. The lowest BCUT2D eigenvalue weighted by Crippen LogP contribution is -2.52. The third-order valence-electron chi connectivity index (χ3n) is 5.03. The van der Waals surface area contributed by atoms with Crippen molar-refractivity contribution in [2.75, 3.05) is 26.2 Å². The molecule has 4 atom stereocenters. The molecule has 5 heteroatoms. The van der Waals surface area contributed by atoms with Crippen LogP contribution in [-0.2, 0) is 9.53 Å². The van der Waals surface area contributed by atoms with Gasteiger partial charge in [0.05, 0.1) is 24.9 Å². The maximum atomic E-state index is 12.4. The summed E-state index contributed by atoms with van der Waals surface area (Å²) < 4.78 is 6.03. The van der Waals surface area contributed by atoms with Crippen LogP contribution in [0.25, 0.3) is 0 Å². The first-order valence-corrected chi connectivity index (χ1v) is 8.46. The molecular weight excluding hydrogens is 266 g/mol. The van der Waals surface area contributed by atoms with E-state index in [1.165, 1.54) is 19.4 Å². The maximum absolute atomic E-state index is 12.4. The summed E-state index contributed by atoms with van der Waals surface area (Å²) >= 11 is 0. The van der Waals surface area contributed by atoms with E-state index >= 15 is 0 Å². The summed E-state index contributed by atoms with van der Waals surface area (Å²) in [5, 5.41) is 3.43. The minimum atomic E-state index is -0.0584. The number of nitrogens with one attached hydrogen (secondary N) is 1. The lowest BCUT2D eigenvalue weighted by atomic mass is 10.1. The van der Waals surface area contributed by atoms with Crippen LogP contribution in [0.1, 0.15) is 40.0 Å². The van der Waals surface area contributed by atoms with Gasteiger partial charge in [0.15, 0.2) is 0 Å². The van der Waals surface area contributed by atoms with Crippen molar-refractivity contribution in [1.82, 2.24) is 15.1 Å². The molecule has 1 amide bonds. The highest BCUT2D eigenvalue weighted by molar-refractivity contribution is 5.83. The summed E-state index contributed by atoms with van der Waals surface area (Å²) in [7, 11) is 0. The Morgan fingerprint density at radius 2 is 2.24 bits per heavy atom. The molecule has 3 aliphatic rings. The van der Waals surface area contributed by atoms with Gasteiger partial charge in [-0.15, -0.1) is 0 Å². The monoisotopic (exact) mass is 295 g/mol. The Balaban J connectivity index is 1.60. The van der Waals surface area contributed by atoms with Crippen molar-refractivity contribution < 1.29 is 9.53 Å². The van der Waals surface area contributed by atoms with E-state index in [1.54, 1.807) is 0 Å². The minimum Gasteiger partial charge on any atom is -0.373 e. The molecule has 1 N–H and O–H groups in total. The van der Waals surface area contributed by atoms with Crippen LogP contribution >= 0.6 is 0 Å². The van der Waals surface area contributed by atoms with E-state index in [1.807, 2.05) is 11.8 Å². The number of carbonyl (C=O) groups is 1. The number of amides is 1. The highest BCUT2D eigenvalue weighted by Gasteiger charge is 2.40. The molecular formula is C16H29N3O2. The zero-order chi connectivity index (χ0) is 15.0. The molecule has 0 radical (unpaired) electrons. The van der Waals surface area contributed by atoms with Crippen molar-refractivity contribution in [2.45, 2.75) is 64.4 Å². The molecule has 5 nitrogen and oxygen atoms in total. The van der Waals surface area contributed by atoms with Crippen molar-refractivity contribution in [1.29, 1.82) is 0 Å². The van der Waals surface area contributed by atoms with E-state index in [9.17, 15) is 4.79 Å². The van der Waals surface area contributed by atoms with Gasteiger partial charge in [0.25, 0.3) is 0 Å². The summed E-state index contributed by atoms with van der Waals surface area (Å²) in [6, 6.07) is 0.566. The molecule has 0 spiro atoms. The predicted molar refractivity (Wildman–Crippen MR) is 81.9 cm³/mol. The molecule has 0 saturated carbocycles. The van der Waals surface area contributed by atoms with Gasteiger partial charge >= 0.3 is 0 Å². The summed E-state index contributed by atoms with van der Waals surface area (Å²) in [5.41, 5.74) is 0. The minimum absolute atomic E-state index is 0.0584. The third kappa shape index (κ3) is 3.25. The number of carbonyl (C=O) groups excluding carboxylic acids is 1. The average Bonchev–Trinajstić information content (AvgIpc) is 2.98. The number of rotatable bonds is 4. The Bertz CT molecular complexity index is 388. The second-order valence-electron chi connectivity index (χ2n) is 7.27. The number of morpholine rings is 1. The van der Waals surface area contributed by atoms with Gasteiger partial charge in [-0.3, -0.25) is 15.0 Å². The van der Waals surface area contributed by atoms with Crippen molar-refractivity contribution in [3.63, 3.8) is 0 Å². The smallest absolute Gasteiger partial charge is 0.240 e. The molecule has 0 bridgehead atoms. The molecule has 120 valence electrons. The van der Waals surface area contributed by atoms with Gasteiger partial charge in [0.2, 0.25) is 5.91 Å². The molecule has 3 aliphatic heterocycles. The number of hydrogen-bond donors (Lipinski definition) is 1. The predicted octanol–water partition coefficient (Wildman–Crippen LogP) is 1.04. The molecule has 0 aromatic carbocycles. The quantitative estimate of drug-likeness (QED) is 0.842. The summed E-state index contributed by atoms with van der Waals surface area (Å²) in [6.45, 7) is 10.1. The molecule has 3 fully saturated rings. The second kappa shape index (κ2) is 6.23. The van der Waals surface area contributed by atoms with E-state index < -0.39 is 0 Å². The van der Waals surface area contributed by atoms with Gasteiger partial charge in [0.1, 0.15) is 0 Å². The second-order valence-corrected chi connectivity index (χ2v) is 7.27. The van der Waals surface area contributed by atoms with Gasteiger partial charge in [0, 0.05) is 19.1 Å². The number of hydrogen-bond acceptors (Lipinski definition) is 4. The third-order valence-corrected chi connectivity index (χ3v) is 5.03. The SMILES string of the molecule is CC(C)CC1NC(C)C(=O)N1CC1CN2CCCC2CO1.